The number of thiazole rings is 1. The zero-order valence-electron chi connectivity index (χ0n) is 21.1. The van der Waals surface area contributed by atoms with E-state index in [1.807, 2.05) is 0 Å². The molecule has 0 spiro atoms. The Morgan fingerprint density at radius 1 is 1.03 bits per heavy atom. The first-order valence-corrected chi connectivity index (χ1v) is 15.0. The van der Waals surface area contributed by atoms with Crippen LogP contribution in [-0.2, 0) is 14.8 Å². The third-order valence-corrected chi connectivity index (χ3v) is 9.80. The molecule has 2 aliphatic heterocycles. The van der Waals surface area contributed by atoms with Crippen molar-refractivity contribution in [2.75, 3.05) is 57.4 Å². The molecule has 12 heteroatoms. The fraction of sp³-hybridized carbons (Fsp3) is 0.462. The van der Waals surface area contributed by atoms with Crippen molar-refractivity contribution in [3.63, 3.8) is 0 Å². The number of nitrogens with zero attached hydrogens (tertiary/aromatic N) is 4. The molecule has 3 aromatic rings. The van der Waals surface area contributed by atoms with Crippen molar-refractivity contribution < 1.29 is 22.3 Å². The number of ether oxygens (including phenoxy) is 1. The number of carbonyl (C=O) groups excluding carboxylic acids is 1. The number of para-hydroxylation sites is 1. The second kappa shape index (κ2) is 12.8. The number of fused-ring (bicyclic) bond motifs is 1. The Morgan fingerprint density at radius 2 is 1.74 bits per heavy atom. The van der Waals surface area contributed by atoms with E-state index in [1.54, 1.807) is 29.2 Å². The van der Waals surface area contributed by atoms with Gasteiger partial charge in [0, 0.05) is 44.8 Å². The van der Waals surface area contributed by atoms with Crippen LogP contribution >= 0.6 is 23.7 Å². The highest BCUT2D eigenvalue weighted by Crippen LogP contribution is 2.31. The first kappa shape index (κ1) is 28.8. The minimum atomic E-state index is -3.58. The van der Waals surface area contributed by atoms with E-state index in [0.29, 0.717) is 54.7 Å². The lowest BCUT2D eigenvalue weighted by Gasteiger charge is -2.28. The fourth-order valence-corrected chi connectivity index (χ4v) is 7.28. The summed E-state index contributed by atoms with van der Waals surface area (Å²) < 4.78 is 48.0. The molecule has 206 valence electrons. The first-order valence-electron chi connectivity index (χ1n) is 12.7. The second-order valence-electron chi connectivity index (χ2n) is 9.34. The molecule has 0 N–H and O–H groups in total. The Bertz CT molecular complexity index is 1340. The highest BCUT2D eigenvalue weighted by molar-refractivity contribution is 7.89. The van der Waals surface area contributed by atoms with Crippen LogP contribution in [-0.4, -0.2) is 81.0 Å². The van der Waals surface area contributed by atoms with Gasteiger partial charge >= 0.3 is 0 Å². The van der Waals surface area contributed by atoms with Gasteiger partial charge in [0.1, 0.15) is 11.3 Å². The number of rotatable bonds is 8. The van der Waals surface area contributed by atoms with Crippen LogP contribution in [0.3, 0.4) is 0 Å². The molecule has 2 aliphatic rings. The van der Waals surface area contributed by atoms with Crippen LogP contribution in [0.15, 0.2) is 47.4 Å². The lowest BCUT2D eigenvalue weighted by Crippen LogP contribution is -2.39. The van der Waals surface area contributed by atoms with Gasteiger partial charge in [-0.2, -0.15) is 4.31 Å². The summed E-state index contributed by atoms with van der Waals surface area (Å²) in [7, 11) is -3.58. The maximum Gasteiger partial charge on any atom is 0.260 e. The molecule has 3 heterocycles. The van der Waals surface area contributed by atoms with Crippen molar-refractivity contribution >= 4 is 55.0 Å². The summed E-state index contributed by atoms with van der Waals surface area (Å²) in [6, 6.07) is 10.9. The number of sulfonamides is 1. The number of piperidine rings is 1. The Labute approximate surface area is 232 Å². The molecule has 0 bridgehead atoms. The molecule has 1 aromatic heterocycles. The van der Waals surface area contributed by atoms with E-state index in [4.69, 9.17) is 4.74 Å². The molecule has 2 aromatic carbocycles. The van der Waals surface area contributed by atoms with Crippen molar-refractivity contribution in [3.05, 3.63) is 53.8 Å². The summed E-state index contributed by atoms with van der Waals surface area (Å²) in [6.45, 7) is 5.37. The third kappa shape index (κ3) is 6.35. The van der Waals surface area contributed by atoms with Gasteiger partial charge in [-0.3, -0.25) is 14.6 Å². The lowest BCUT2D eigenvalue weighted by atomic mass is 10.2. The van der Waals surface area contributed by atoms with Gasteiger partial charge in [0.2, 0.25) is 10.0 Å². The van der Waals surface area contributed by atoms with Crippen molar-refractivity contribution in [3.8, 4) is 0 Å². The molecule has 8 nitrogen and oxygen atoms in total. The number of benzene rings is 2. The van der Waals surface area contributed by atoms with E-state index in [2.05, 4.69) is 9.88 Å². The Hall–Kier alpha value is -2.15. The SMILES string of the molecule is Cl.O=C(c1ccc(S(=O)(=O)N2CCCCC2)cc1)N(CCCN1CCOCC1)c1nc2c(F)cccc2s1. The van der Waals surface area contributed by atoms with E-state index in [1.165, 1.54) is 33.8 Å². The summed E-state index contributed by atoms with van der Waals surface area (Å²) in [5.74, 6) is -0.712. The molecular weight excluding hydrogens is 551 g/mol. The summed E-state index contributed by atoms with van der Waals surface area (Å²) in [6.07, 6.45) is 3.47. The van der Waals surface area contributed by atoms with E-state index >= 15 is 0 Å². The van der Waals surface area contributed by atoms with Crippen molar-refractivity contribution in [2.45, 2.75) is 30.6 Å². The van der Waals surface area contributed by atoms with Gasteiger partial charge in [-0.1, -0.05) is 23.8 Å². The molecule has 2 fully saturated rings. The predicted molar refractivity (Wildman–Crippen MR) is 149 cm³/mol. The van der Waals surface area contributed by atoms with Gasteiger partial charge in [0.15, 0.2) is 5.13 Å². The Kier molecular flexibility index (Phi) is 9.72. The number of hydrogen-bond donors (Lipinski definition) is 0. The van der Waals surface area contributed by atoms with E-state index in [9.17, 15) is 17.6 Å². The predicted octanol–water partition coefficient (Wildman–Crippen LogP) is 4.40. The number of aromatic nitrogens is 1. The van der Waals surface area contributed by atoms with Crippen LogP contribution in [0, 0.1) is 5.82 Å². The minimum Gasteiger partial charge on any atom is -0.379 e. The van der Waals surface area contributed by atoms with Crippen molar-refractivity contribution in [2.24, 2.45) is 0 Å². The largest absolute Gasteiger partial charge is 0.379 e. The van der Waals surface area contributed by atoms with Gasteiger partial charge in [-0.05, 0) is 55.7 Å². The smallest absolute Gasteiger partial charge is 0.260 e. The van der Waals surface area contributed by atoms with Crippen LogP contribution in [0.1, 0.15) is 36.0 Å². The Balaban J connectivity index is 0.00000336. The maximum absolute atomic E-state index is 14.4. The van der Waals surface area contributed by atoms with Crippen LogP contribution in [0.25, 0.3) is 10.2 Å². The molecular formula is C26H32ClFN4O4S2. The van der Waals surface area contributed by atoms with Crippen molar-refractivity contribution in [1.29, 1.82) is 0 Å². The number of amides is 1. The molecule has 0 atom stereocenters. The van der Waals surface area contributed by atoms with E-state index in [-0.39, 0.29) is 28.7 Å². The topological polar surface area (TPSA) is 83.1 Å². The summed E-state index contributed by atoms with van der Waals surface area (Å²) >= 11 is 1.27. The highest BCUT2D eigenvalue weighted by Gasteiger charge is 2.27. The molecule has 0 saturated carbocycles. The van der Waals surface area contributed by atoms with Gasteiger partial charge in [-0.25, -0.2) is 17.8 Å². The van der Waals surface area contributed by atoms with Crippen LogP contribution in [0.5, 0.6) is 0 Å². The average molecular weight is 583 g/mol. The number of halogens is 2. The molecule has 0 unspecified atom stereocenters. The molecule has 5 rings (SSSR count). The van der Waals surface area contributed by atoms with E-state index < -0.39 is 15.8 Å². The van der Waals surface area contributed by atoms with Crippen LogP contribution in [0.4, 0.5) is 9.52 Å². The number of hydrogen-bond acceptors (Lipinski definition) is 7. The monoisotopic (exact) mass is 582 g/mol. The zero-order valence-corrected chi connectivity index (χ0v) is 23.5. The van der Waals surface area contributed by atoms with Crippen LogP contribution in [0.2, 0.25) is 0 Å². The molecule has 38 heavy (non-hydrogen) atoms. The second-order valence-corrected chi connectivity index (χ2v) is 12.3. The number of anilines is 1. The minimum absolute atomic E-state index is 0. The highest BCUT2D eigenvalue weighted by atomic mass is 35.5. The normalized spacial score (nSPS) is 17.3. The van der Waals surface area contributed by atoms with Gasteiger partial charge < -0.3 is 4.74 Å². The summed E-state index contributed by atoms with van der Waals surface area (Å²) in [5.41, 5.74) is 0.611. The molecule has 1 amide bonds. The van der Waals surface area contributed by atoms with Gasteiger partial charge in [-0.15, -0.1) is 12.4 Å². The number of carbonyl (C=O) groups is 1. The zero-order chi connectivity index (χ0) is 25.8. The fourth-order valence-electron chi connectivity index (χ4n) is 4.76. The first-order chi connectivity index (χ1) is 17.9. The quantitative estimate of drug-likeness (QED) is 0.391. The molecule has 0 radical (unpaired) electrons. The van der Waals surface area contributed by atoms with Crippen LogP contribution < -0.4 is 4.90 Å². The van der Waals surface area contributed by atoms with Crippen molar-refractivity contribution in [1.82, 2.24) is 14.2 Å². The number of morpholine rings is 1. The van der Waals surface area contributed by atoms with Gasteiger partial charge in [0.25, 0.3) is 5.91 Å². The third-order valence-electron chi connectivity index (χ3n) is 6.85. The lowest BCUT2D eigenvalue weighted by molar-refractivity contribution is 0.0376. The standard InChI is InChI=1S/C26H31FN4O4S2.ClH/c27-22-6-4-7-23-24(22)28-26(36-23)31(15-5-12-29-16-18-35-19-17-29)25(32)20-8-10-21(11-9-20)37(33,34)30-13-2-1-3-14-30;/h4,6-11H,1-3,5,12-19H2;1H. The Morgan fingerprint density at radius 3 is 2.42 bits per heavy atom. The average Bonchev–Trinajstić information content (AvgIpc) is 3.37. The molecule has 0 aliphatic carbocycles. The maximum atomic E-state index is 14.4. The van der Waals surface area contributed by atoms with Gasteiger partial charge in [0.05, 0.1) is 22.8 Å². The summed E-state index contributed by atoms with van der Waals surface area (Å²) in [5, 5.41) is 0.428. The summed E-state index contributed by atoms with van der Waals surface area (Å²) in [4.78, 5) is 22.2. The van der Waals surface area contributed by atoms with E-state index in [0.717, 1.165) is 38.9 Å². The molecule has 2 saturated heterocycles.